The zero-order valence-electron chi connectivity index (χ0n) is 25.2. The van der Waals surface area contributed by atoms with Crippen LogP contribution < -0.4 is 19.9 Å². The number of nitrogens with one attached hydrogen (secondary N) is 1. The predicted octanol–water partition coefficient (Wildman–Crippen LogP) is 5.41. The number of ether oxygens (including phenoxy) is 1. The average molecular weight is 589 g/mol. The number of carboxylic acids is 1. The van der Waals surface area contributed by atoms with Crippen molar-refractivity contribution in [3.8, 4) is 5.75 Å². The van der Waals surface area contributed by atoms with Crippen LogP contribution in [0, 0.1) is 6.92 Å². The second kappa shape index (κ2) is 14.5. The number of carboxylic acid groups (broad SMARTS) is 1. The van der Waals surface area contributed by atoms with E-state index in [-0.39, 0.29) is 30.7 Å². The standard InChI is InChI=1S/C32H40N6O5/c1-5-28(39)38(24-12-10-11-22(4)19-24)27-21-33-31(36(6-2)7-3)35-29(27)34-26(30(40)41)20-23-13-15-25(16-14-23)43-32(42)37-17-8-9-18-37/h10-16,19,21,26H,5-9,17-18,20H2,1-4H3,(H,40,41)(H,33,34,35)/t26-/m0/s1. The molecule has 11 nitrogen and oxygen atoms in total. The first kappa shape index (κ1) is 31.3. The van der Waals surface area contributed by atoms with E-state index in [0.717, 1.165) is 24.0 Å². The minimum Gasteiger partial charge on any atom is -0.480 e. The Labute approximate surface area is 252 Å². The van der Waals surface area contributed by atoms with E-state index in [0.29, 0.717) is 49.3 Å². The van der Waals surface area contributed by atoms with Gasteiger partial charge in [0.15, 0.2) is 5.82 Å². The quantitative estimate of drug-likeness (QED) is 0.285. The van der Waals surface area contributed by atoms with Crippen molar-refractivity contribution >= 4 is 41.1 Å². The van der Waals surface area contributed by atoms with Gasteiger partial charge in [-0.05, 0) is 69.0 Å². The number of aryl methyl sites for hydroxylation is 1. The zero-order valence-corrected chi connectivity index (χ0v) is 25.2. The van der Waals surface area contributed by atoms with Crippen LogP contribution in [0.1, 0.15) is 51.2 Å². The molecule has 4 rings (SSSR count). The van der Waals surface area contributed by atoms with Gasteiger partial charge in [0.1, 0.15) is 17.5 Å². The lowest BCUT2D eigenvalue weighted by atomic mass is 10.1. The fourth-order valence-corrected chi connectivity index (χ4v) is 5.00. The van der Waals surface area contributed by atoms with Gasteiger partial charge in [-0.2, -0.15) is 4.98 Å². The summed E-state index contributed by atoms with van der Waals surface area (Å²) in [6, 6.07) is 13.3. The number of hydrogen-bond acceptors (Lipinski definition) is 8. The number of benzene rings is 2. The molecule has 1 saturated heterocycles. The first-order valence-electron chi connectivity index (χ1n) is 14.8. The summed E-state index contributed by atoms with van der Waals surface area (Å²) in [7, 11) is 0. The van der Waals surface area contributed by atoms with Crippen molar-refractivity contribution in [2.75, 3.05) is 41.3 Å². The van der Waals surface area contributed by atoms with Gasteiger partial charge < -0.3 is 25.0 Å². The molecule has 1 atom stereocenters. The van der Waals surface area contributed by atoms with Crippen LogP contribution in [0.2, 0.25) is 0 Å². The van der Waals surface area contributed by atoms with E-state index < -0.39 is 12.0 Å². The number of amides is 2. The minimum absolute atomic E-state index is 0.117. The van der Waals surface area contributed by atoms with Gasteiger partial charge in [0.05, 0.1) is 6.20 Å². The summed E-state index contributed by atoms with van der Waals surface area (Å²) in [5.74, 6) is -0.197. The number of aliphatic carboxylic acids is 1. The molecule has 1 aliphatic heterocycles. The smallest absolute Gasteiger partial charge is 0.415 e. The highest BCUT2D eigenvalue weighted by atomic mass is 16.6. The lowest BCUT2D eigenvalue weighted by molar-refractivity contribution is -0.137. The van der Waals surface area contributed by atoms with Crippen LogP contribution in [0.3, 0.4) is 0 Å². The molecule has 0 aliphatic carbocycles. The third kappa shape index (κ3) is 7.79. The molecule has 43 heavy (non-hydrogen) atoms. The molecule has 2 heterocycles. The molecule has 2 N–H and O–H groups in total. The Bertz CT molecular complexity index is 1420. The summed E-state index contributed by atoms with van der Waals surface area (Å²) in [4.78, 5) is 52.6. The van der Waals surface area contributed by atoms with Gasteiger partial charge >= 0.3 is 12.1 Å². The van der Waals surface area contributed by atoms with Gasteiger partial charge in [0.25, 0.3) is 0 Å². The Morgan fingerprint density at radius 2 is 1.74 bits per heavy atom. The highest BCUT2D eigenvalue weighted by Gasteiger charge is 2.27. The Balaban J connectivity index is 1.64. The molecule has 1 aromatic heterocycles. The largest absolute Gasteiger partial charge is 0.480 e. The van der Waals surface area contributed by atoms with E-state index in [4.69, 9.17) is 9.72 Å². The third-order valence-corrected chi connectivity index (χ3v) is 7.40. The molecule has 1 aliphatic rings. The van der Waals surface area contributed by atoms with Gasteiger partial charge in [-0.15, -0.1) is 0 Å². The molecule has 11 heteroatoms. The number of likely N-dealkylation sites (tertiary alicyclic amines) is 1. The fourth-order valence-electron chi connectivity index (χ4n) is 5.00. The van der Waals surface area contributed by atoms with E-state index in [2.05, 4.69) is 10.3 Å². The lowest BCUT2D eigenvalue weighted by Crippen LogP contribution is -2.34. The highest BCUT2D eigenvalue weighted by Crippen LogP contribution is 2.34. The molecule has 0 bridgehead atoms. The number of carbonyl (C=O) groups is 3. The molecule has 0 spiro atoms. The van der Waals surface area contributed by atoms with Gasteiger partial charge in [0.2, 0.25) is 11.9 Å². The van der Waals surface area contributed by atoms with E-state index in [1.165, 1.54) is 4.90 Å². The summed E-state index contributed by atoms with van der Waals surface area (Å²) in [6.45, 7) is 10.4. The number of carbonyl (C=O) groups excluding carboxylic acids is 2. The molecule has 2 amide bonds. The molecular formula is C32H40N6O5. The Morgan fingerprint density at radius 3 is 2.35 bits per heavy atom. The normalized spacial score (nSPS) is 13.3. The van der Waals surface area contributed by atoms with Crippen LogP contribution in [0.5, 0.6) is 5.75 Å². The van der Waals surface area contributed by atoms with Crippen molar-refractivity contribution in [3.05, 3.63) is 65.9 Å². The Hall–Kier alpha value is -4.67. The third-order valence-electron chi connectivity index (χ3n) is 7.40. The summed E-state index contributed by atoms with van der Waals surface area (Å²) in [6.07, 6.45) is 3.47. The van der Waals surface area contributed by atoms with E-state index in [1.807, 2.05) is 49.9 Å². The maximum atomic E-state index is 13.3. The first-order valence-corrected chi connectivity index (χ1v) is 14.8. The summed E-state index contributed by atoms with van der Waals surface area (Å²) in [5.41, 5.74) is 2.70. The lowest BCUT2D eigenvalue weighted by Gasteiger charge is -2.28. The Morgan fingerprint density at radius 1 is 1.05 bits per heavy atom. The Kier molecular flexibility index (Phi) is 10.5. The second-order valence-corrected chi connectivity index (χ2v) is 10.4. The van der Waals surface area contributed by atoms with Crippen molar-refractivity contribution in [2.24, 2.45) is 0 Å². The molecular weight excluding hydrogens is 548 g/mol. The SMILES string of the molecule is CCC(=O)N(c1cccc(C)c1)c1cnc(N(CC)CC)nc1N[C@@H](Cc1ccc(OC(=O)N2CCCC2)cc1)C(=O)O. The number of anilines is 4. The molecule has 2 aromatic carbocycles. The topological polar surface area (TPSA) is 128 Å². The fraction of sp³-hybridized carbons (Fsp3) is 0.406. The van der Waals surface area contributed by atoms with Gasteiger partial charge in [-0.1, -0.05) is 31.2 Å². The van der Waals surface area contributed by atoms with Gasteiger partial charge in [-0.3, -0.25) is 9.69 Å². The first-order chi connectivity index (χ1) is 20.7. The van der Waals surface area contributed by atoms with Crippen molar-refractivity contribution in [1.82, 2.24) is 14.9 Å². The minimum atomic E-state index is -1.08. The second-order valence-electron chi connectivity index (χ2n) is 10.4. The number of hydrogen-bond donors (Lipinski definition) is 2. The number of rotatable bonds is 12. The molecule has 0 unspecified atom stereocenters. The predicted molar refractivity (Wildman–Crippen MR) is 166 cm³/mol. The van der Waals surface area contributed by atoms with Crippen LogP contribution >= 0.6 is 0 Å². The number of nitrogens with zero attached hydrogens (tertiary/aromatic N) is 5. The van der Waals surface area contributed by atoms with Crippen LogP contribution in [-0.4, -0.2) is 70.2 Å². The average Bonchev–Trinajstić information content (AvgIpc) is 3.55. The molecule has 228 valence electrons. The summed E-state index contributed by atoms with van der Waals surface area (Å²) in [5, 5.41) is 13.3. The van der Waals surface area contributed by atoms with E-state index in [1.54, 1.807) is 42.3 Å². The molecule has 0 saturated carbocycles. The van der Waals surface area contributed by atoms with Gasteiger partial charge in [0, 0.05) is 44.7 Å². The molecule has 0 radical (unpaired) electrons. The monoisotopic (exact) mass is 588 g/mol. The van der Waals surface area contributed by atoms with E-state index in [9.17, 15) is 19.5 Å². The van der Waals surface area contributed by atoms with Crippen LogP contribution in [0.25, 0.3) is 0 Å². The maximum absolute atomic E-state index is 13.3. The molecule has 1 fully saturated rings. The van der Waals surface area contributed by atoms with Crippen molar-refractivity contribution < 1.29 is 24.2 Å². The number of aromatic nitrogens is 2. The zero-order chi connectivity index (χ0) is 30.9. The van der Waals surface area contributed by atoms with Crippen molar-refractivity contribution in [3.63, 3.8) is 0 Å². The van der Waals surface area contributed by atoms with Crippen molar-refractivity contribution in [2.45, 2.75) is 59.4 Å². The summed E-state index contributed by atoms with van der Waals surface area (Å²) >= 11 is 0. The molecule has 3 aromatic rings. The van der Waals surface area contributed by atoms with E-state index >= 15 is 0 Å². The highest BCUT2D eigenvalue weighted by molar-refractivity contribution is 6.03. The van der Waals surface area contributed by atoms with Crippen LogP contribution in [0.4, 0.5) is 27.9 Å². The maximum Gasteiger partial charge on any atom is 0.415 e. The van der Waals surface area contributed by atoms with Crippen molar-refractivity contribution in [1.29, 1.82) is 0 Å². The van der Waals surface area contributed by atoms with Crippen LogP contribution in [0.15, 0.2) is 54.7 Å². The van der Waals surface area contributed by atoms with Gasteiger partial charge in [-0.25, -0.2) is 14.6 Å². The summed E-state index contributed by atoms with van der Waals surface area (Å²) < 4.78 is 5.48. The van der Waals surface area contributed by atoms with Crippen LogP contribution in [-0.2, 0) is 16.0 Å².